The van der Waals surface area contributed by atoms with Crippen molar-refractivity contribution in [1.82, 2.24) is 4.98 Å². The van der Waals surface area contributed by atoms with E-state index < -0.39 is 0 Å². The number of nitrogens with one attached hydrogen (secondary N) is 1. The Morgan fingerprint density at radius 2 is 1.04 bits per heavy atom. The first kappa shape index (κ1) is 14.1. The number of hydrogen-bond acceptors (Lipinski definition) is 0. The Kier molecular flexibility index (Phi) is 3.17. The van der Waals surface area contributed by atoms with E-state index in [0.29, 0.717) is 0 Å². The summed E-state index contributed by atoms with van der Waals surface area (Å²) < 4.78 is 0. The first-order valence-electron chi connectivity index (χ1n) is 8.55. The summed E-state index contributed by atoms with van der Waals surface area (Å²) in [7, 11) is 0. The largest absolute Gasteiger partial charge is 0.354 e. The predicted molar refractivity (Wildman–Crippen MR) is 107 cm³/mol. The van der Waals surface area contributed by atoms with Gasteiger partial charge in [0.2, 0.25) is 0 Å². The molecule has 0 spiro atoms. The van der Waals surface area contributed by atoms with Crippen LogP contribution in [0, 0.1) is 0 Å². The van der Waals surface area contributed by atoms with Gasteiger partial charge in [0.15, 0.2) is 0 Å². The number of H-pyrrole nitrogens is 1. The number of rotatable bonds is 2. The van der Waals surface area contributed by atoms with E-state index in [1.165, 1.54) is 44.1 Å². The number of para-hydroxylation sites is 1. The number of aromatic amines is 1. The molecule has 0 aliphatic carbocycles. The van der Waals surface area contributed by atoms with Crippen molar-refractivity contribution in [3.8, 4) is 22.3 Å². The molecule has 5 rings (SSSR count). The maximum Gasteiger partial charge on any atom is 0.0471 e. The maximum absolute atomic E-state index is 3.53. The lowest BCUT2D eigenvalue weighted by Crippen LogP contribution is -1.81. The van der Waals surface area contributed by atoms with Crippen LogP contribution in [-0.2, 0) is 0 Å². The number of hydrogen-bond donors (Lipinski definition) is 1. The molecule has 5 aromatic rings. The smallest absolute Gasteiger partial charge is 0.0471 e. The Labute approximate surface area is 146 Å². The summed E-state index contributed by atoms with van der Waals surface area (Å²) in [6, 6.07) is 34.4. The molecule has 0 amide bonds. The number of aromatic nitrogens is 1. The molecule has 0 saturated carbocycles. The van der Waals surface area contributed by atoms with E-state index >= 15 is 0 Å². The second-order valence-electron chi connectivity index (χ2n) is 6.38. The Bertz CT molecular complexity index is 1180. The van der Waals surface area contributed by atoms with E-state index in [4.69, 9.17) is 0 Å². The molecule has 0 unspecified atom stereocenters. The van der Waals surface area contributed by atoms with Crippen LogP contribution in [0.1, 0.15) is 0 Å². The van der Waals surface area contributed by atoms with Gasteiger partial charge in [-0.05, 0) is 40.5 Å². The van der Waals surface area contributed by atoms with Gasteiger partial charge >= 0.3 is 0 Å². The molecule has 4 aromatic carbocycles. The van der Waals surface area contributed by atoms with Crippen LogP contribution in [0.3, 0.4) is 0 Å². The zero-order valence-corrected chi connectivity index (χ0v) is 13.7. The molecule has 0 aliphatic heterocycles. The van der Waals surface area contributed by atoms with Crippen LogP contribution in [0.2, 0.25) is 0 Å². The van der Waals surface area contributed by atoms with Crippen LogP contribution in [0.15, 0.2) is 97.1 Å². The third-order valence-electron chi connectivity index (χ3n) is 4.81. The summed E-state index contributed by atoms with van der Waals surface area (Å²) in [5.41, 5.74) is 7.33. The van der Waals surface area contributed by atoms with Crippen LogP contribution >= 0.6 is 0 Å². The van der Waals surface area contributed by atoms with Crippen molar-refractivity contribution in [2.45, 2.75) is 0 Å². The first-order chi connectivity index (χ1) is 12.4. The minimum atomic E-state index is 1.18. The molecular weight excluding hydrogens is 302 g/mol. The minimum Gasteiger partial charge on any atom is -0.354 e. The highest BCUT2D eigenvalue weighted by atomic mass is 14.7. The van der Waals surface area contributed by atoms with Crippen molar-refractivity contribution < 1.29 is 0 Å². The van der Waals surface area contributed by atoms with E-state index in [1.54, 1.807) is 0 Å². The van der Waals surface area contributed by atoms with Gasteiger partial charge < -0.3 is 4.98 Å². The molecule has 0 atom stereocenters. The fourth-order valence-electron chi connectivity index (χ4n) is 3.54. The van der Waals surface area contributed by atoms with Crippen molar-refractivity contribution in [2.75, 3.05) is 0 Å². The standard InChI is InChI=1S/C24H17N/c1-2-7-17(8-3-1)18-9-6-10-19(15-18)20-13-14-22-21-11-4-5-12-23(21)25-24(22)16-20/h1-16,25H. The van der Waals surface area contributed by atoms with Crippen LogP contribution in [0.5, 0.6) is 0 Å². The highest BCUT2D eigenvalue weighted by Crippen LogP contribution is 2.31. The summed E-state index contributed by atoms with van der Waals surface area (Å²) in [6.45, 7) is 0. The molecule has 0 bridgehead atoms. The zero-order valence-electron chi connectivity index (χ0n) is 13.7. The van der Waals surface area contributed by atoms with Crippen molar-refractivity contribution >= 4 is 21.8 Å². The number of fused-ring (bicyclic) bond motifs is 3. The average Bonchev–Trinajstić information content (AvgIpc) is 3.06. The van der Waals surface area contributed by atoms with Gasteiger partial charge in [0.05, 0.1) is 0 Å². The summed E-state index contributed by atoms with van der Waals surface area (Å²) in [5, 5.41) is 2.56. The molecule has 1 nitrogen and oxygen atoms in total. The lowest BCUT2D eigenvalue weighted by atomic mass is 9.98. The third kappa shape index (κ3) is 2.41. The molecule has 0 aliphatic rings. The van der Waals surface area contributed by atoms with Crippen molar-refractivity contribution in [3.05, 3.63) is 97.1 Å². The van der Waals surface area contributed by atoms with Crippen LogP contribution in [0.25, 0.3) is 44.1 Å². The fourth-order valence-corrected chi connectivity index (χ4v) is 3.54. The second-order valence-corrected chi connectivity index (χ2v) is 6.38. The first-order valence-corrected chi connectivity index (χ1v) is 8.55. The molecule has 0 radical (unpaired) electrons. The van der Waals surface area contributed by atoms with Gasteiger partial charge in [0.1, 0.15) is 0 Å². The highest BCUT2D eigenvalue weighted by molar-refractivity contribution is 6.08. The summed E-state index contributed by atoms with van der Waals surface area (Å²) >= 11 is 0. The zero-order chi connectivity index (χ0) is 16.6. The molecule has 118 valence electrons. The molecule has 1 N–H and O–H groups in total. The van der Waals surface area contributed by atoms with Crippen molar-refractivity contribution in [3.63, 3.8) is 0 Å². The van der Waals surface area contributed by atoms with Crippen molar-refractivity contribution in [1.29, 1.82) is 0 Å². The van der Waals surface area contributed by atoms with E-state index in [0.717, 1.165) is 0 Å². The monoisotopic (exact) mass is 319 g/mol. The average molecular weight is 319 g/mol. The normalized spacial score (nSPS) is 11.2. The topological polar surface area (TPSA) is 15.8 Å². The van der Waals surface area contributed by atoms with Gasteiger partial charge in [0.25, 0.3) is 0 Å². The Morgan fingerprint density at radius 3 is 1.92 bits per heavy atom. The minimum absolute atomic E-state index is 1.18. The fraction of sp³-hybridized carbons (Fsp3) is 0. The molecule has 1 heterocycles. The van der Waals surface area contributed by atoms with Crippen LogP contribution < -0.4 is 0 Å². The van der Waals surface area contributed by atoms with Gasteiger partial charge in [-0.3, -0.25) is 0 Å². The van der Waals surface area contributed by atoms with Crippen LogP contribution in [0.4, 0.5) is 0 Å². The molecule has 25 heavy (non-hydrogen) atoms. The summed E-state index contributed by atoms with van der Waals surface area (Å²) in [5.74, 6) is 0. The lowest BCUT2D eigenvalue weighted by molar-refractivity contribution is 1.54. The molecule has 0 saturated heterocycles. The number of benzene rings is 4. The summed E-state index contributed by atoms with van der Waals surface area (Å²) in [4.78, 5) is 3.53. The van der Waals surface area contributed by atoms with E-state index in [9.17, 15) is 0 Å². The van der Waals surface area contributed by atoms with E-state index in [1.807, 2.05) is 0 Å². The molecule has 0 fully saturated rings. The second kappa shape index (κ2) is 5.64. The van der Waals surface area contributed by atoms with Crippen LogP contribution in [-0.4, -0.2) is 4.98 Å². The van der Waals surface area contributed by atoms with E-state index in [2.05, 4.69) is 102 Å². The van der Waals surface area contributed by atoms with Gasteiger partial charge in [-0.2, -0.15) is 0 Å². The Morgan fingerprint density at radius 1 is 0.400 bits per heavy atom. The van der Waals surface area contributed by atoms with Gasteiger partial charge in [0, 0.05) is 21.8 Å². The SMILES string of the molecule is c1ccc(-c2cccc(-c3ccc4c(c3)[nH]c3ccccc34)c2)cc1. The summed E-state index contributed by atoms with van der Waals surface area (Å²) in [6.07, 6.45) is 0. The Balaban J connectivity index is 1.64. The maximum atomic E-state index is 3.53. The van der Waals surface area contributed by atoms with Crippen molar-refractivity contribution in [2.24, 2.45) is 0 Å². The quantitative estimate of drug-likeness (QED) is 0.374. The predicted octanol–water partition coefficient (Wildman–Crippen LogP) is 6.66. The van der Waals surface area contributed by atoms with Gasteiger partial charge in [-0.15, -0.1) is 0 Å². The van der Waals surface area contributed by atoms with Gasteiger partial charge in [-0.25, -0.2) is 0 Å². The molecule has 1 heteroatoms. The third-order valence-corrected chi connectivity index (χ3v) is 4.81. The van der Waals surface area contributed by atoms with Gasteiger partial charge in [-0.1, -0.05) is 78.9 Å². The highest BCUT2D eigenvalue weighted by Gasteiger charge is 2.06. The lowest BCUT2D eigenvalue weighted by Gasteiger charge is -2.06. The van der Waals surface area contributed by atoms with E-state index in [-0.39, 0.29) is 0 Å². The molecular formula is C24H17N. The molecule has 1 aromatic heterocycles. The Hall–Kier alpha value is -3.32.